The molecule has 0 bridgehead atoms. The van der Waals surface area contributed by atoms with Crippen LogP contribution in [0.4, 0.5) is 0 Å². The number of nitrogens with one attached hydrogen (secondary N) is 1. The van der Waals surface area contributed by atoms with Crippen molar-refractivity contribution in [1.82, 2.24) is 9.62 Å². The van der Waals surface area contributed by atoms with Crippen LogP contribution in [-0.4, -0.2) is 51.5 Å². The van der Waals surface area contributed by atoms with E-state index >= 15 is 0 Å². The Morgan fingerprint density at radius 2 is 1.65 bits per heavy atom. The molecule has 0 atom stereocenters. The number of nitrogens with zero attached hydrogens (tertiary/aromatic N) is 1. The largest absolute Gasteiger partial charge is 0.379 e. The van der Waals surface area contributed by atoms with E-state index in [1.165, 1.54) is 32.8 Å². The predicted molar refractivity (Wildman–Crippen MR) is 121 cm³/mol. The van der Waals surface area contributed by atoms with Crippen molar-refractivity contribution in [3.8, 4) is 0 Å². The van der Waals surface area contributed by atoms with Crippen LogP contribution < -0.4 is 5.32 Å². The summed E-state index contributed by atoms with van der Waals surface area (Å²) >= 11 is 0. The van der Waals surface area contributed by atoms with E-state index in [0.29, 0.717) is 38.4 Å². The second-order valence-corrected chi connectivity index (χ2v) is 9.48. The third-order valence-electron chi connectivity index (χ3n) is 5.51. The first-order chi connectivity index (χ1) is 15.1. The van der Waals surface area contributed by atoms with E-state index in [-0.39, 0.29) is 10.8 Å². The summed E-state index contributed by atoms with van der Waals surface area (Å²) in [5.74, 6) is -0.201. The standard InChI is InChI=1S/C24H26N2O4S/c27-24(25-14-4-8-20-7-3-6-19-5-1-2-9-23(19)20)21-10-12-22(13-11-21)31(28,29)26-15-17-30-18-16-26/h1-3,5-7,9-13H,4,8,14-18H2,(H,25,27). The average Bonchev–Trinajstić information content (AvgIpc) is 2.82. The molecule has 0 saturated carbocycles. The van der Waals surface area contributed by atoms with E-state index in [0.717, 1.165) is 12.8 Å². The topological polar surface area (TPSA) is 75.7 Å². The zero-order chi connectivity index (χ0) is 21.7. The Hall–Kier alpha value is -2.74. The highest BCUT2D eigenvalue weighted by Crippen LogP contribution is 2.20. The SMILES string of the molecule is O=C(NCCCc1cccc2ccccc12)c1ccc(S(=O)(=O)N2CCOCC2)cc1. The van der Waals surface area contributed by atoms with Gasteiger partial charge in [0.2, 0.25) is 10.0 Å². The van der Waals surface area contributed by atoms with Crippen molar-refractivity contribution >= 4 is 26.7 Å². The van der Waals surface area contributed by atoms with Crippen molar-refractivity contribution in [1.29, 1.82) is 0 Å². The number of hydrogen-bond donors (Lipinski definition) is 1. The van der Waals surface area contributed by atoms with Gasteiger partial charge >= 0.3 is 0 Å². The van der Waals surface area contributed by atoms with Gasteiger partial charge in [0.1, 0.15) is 0 Å². The smallest absolute Gasteiger partial charge is 0.251 e. The maximum absolute atomic E-state index is 12.7. The van der Waals surface area contributed by atoms with Crippen LogP contribution in [0.5, 0.6) is 0 Å². The van der Waals surface area contributed by atoms with Crippen LogP contribution in [0, 0.1) is 0 Å². The number of morpholine rings is 1. The molecule has 0 radical (unpaired) electrons. The van der Waals surface area contributed by atoms with E-state index in [4.69, 9.17) is 4.74 Å². The molecule has 7 heteroatoms. The molecule has 4 rings (SSSR count). The fourth-order valence-corrected chi connectivity index (χ4v) is 5.22. The van der Waals surface area contributed by atoms with Crippen LogP contribution in [0.3, 0.4) is 0 Å². The van der Waals surface area contributed by atoms with Gasteiger partial charge in [0, 0.05) is 25.2 Å². The molecule has 6 nitrogen and oxygen atoms in total. The number of fused-ring (bicyclic) bond motifs is 1. The molecule has 31 heavy (non-hydrogen) atoms. The number of amides is 1. The molecular formula is C24H26N2O4S. The molecule has 1 saturated heterocycles. The second-order valence-electron chi connectivity index (χ2n) is 7.54. The van der Waals surface area contributed by atoms with E-state index in [2.05, 4.69) is 35.6 Å². The molecule has 1 aliphatic heterocycles. The van der Waals surface area contributed by atoms with Crippen LogP contribution >= 0.6 is 0 Å². The summed E-state index contributed by atoms with van der Waals surface area (Å²) in [6.07, 6.45) is 1.70. The van der Waals surface area contributed by atoms with Gasteiger partial charge in [-0.25, -0.2) is 8.42 Å². The summed E-state index contributed by atoms with van der Waals surface area (Å²) in [6.45, 7) is 2.05. The van der Waals surface area contributed by atoms with Crippen molar-refractivity contribution in [2.24, 2.45) is 0 Å². The molecular weight excluding hydrogens is 412 g/mol. The molecule has 3 aromatic rings. The highest BCUT2D eigenvalue weighted by atomic mass is 32.2. The molecule has 1 amide bonds. The first-order valence-corrected chi connectivity index (χ1v) is 11.9. The number of aryl methyl sites for hydroxylation is 1. The Labute approximate surface area is 182 Å². The molecule has 1 fully saturated rings. The quantitative estimate of drug-likeness (QED) is 0.575. The van der Waals surface area contributed by atoms with Gasteiger partial charge in [-0.05, 0) is 53.4 Å². The number of ether oxygens (including phenoxy) is 1. The number of sulfonamides is 1. The molecule has 0 unspecified atom stereocenters. The number of benzene rings is 3. The van der Waals surface area contributed by atoms with Gasteiger partial charge in [-0.1, -0.05) is 42.5 Å². The maximum Gasteiger partial charge on any atom is 0.251 e. The van der Waals surface area contributed by atoms with Crippen molar-refractivity contribution in [3.63, 3.8) is 0 Å². The summed E-state index contributed by atoms with van der Waals surface area (Å²) in [4.78, 5) is 12.6. The first kappa shape index (κ1) is 21.5. The number of carbonyl (C=O) groups excluding carboxylic acids is 1. The molecule has 3 aromatic carbocycles. The van der Waals surface area contributed by atoms with Crippen LogP contribution in [0.25, 0.3) is 10.8 Å². The minimum Gasteiger partial charge on any atom is -0.379 e. The fourth-order valence-electron chi connectivity index (χ4n) is 3.81. The summed E-state index contributed by atoms with van der Waals surface area (Å²) < 4.78 is 32.0. The molecule has 1 heterocycles. The number of carbonyl (C=O) groups is 1. The first-order valence-electron chi connectivity index (χ1n) is 10.5. The monoisotopic (exact) mass is 438 g/mol. The lowest BCUT2D eigenvalue weighted by molar-refractivity contribution is 0.0730. The Morgan fingerprint density at radius 3 is 2.42 bits per heavy atom. The third kappa shape index (κ3) is 4.95. The van der Waals surface area contributed by atoms with Gasteiger partial charge in [-0.3, -0.25) is 4.79 Å². The molecule has 0 spiro atoms. The maximum atomic E-state index is 12.7. The minimum absolute atomic E-state index is 0.196. The van der Waals surface area contributed by atoms with Crippen molar-refractivity contribution in [3.05, 3.63) is 77.9 Å². The highest BCUT2D eigenvalue weighted by Gasteiger charge is 2.26. The Bertz CT molecular complexity index is 1150. The molecule has 1 aliphatic rings. The van der Waals surface area contributed by atoms with Crippen LogP contribution in [-0.2, 0) is 21.2 Å². The van der Waals surface area contributed by atoms with Crippen molar-refractivity contribution in [2.75, 3.05) is 32.8 Å². The Morgan fingerprint density at radius 1 is 0.935 bits per heavy atom. The zero-order valence-corrected chi connectivity index (χ0v) is 18.1. The predicted octanol–water partition coefficient (Wildman–Crippen LogP) is 3.22. The summed E-state index contributed by atoms with van der Waals surface area (Å²) in [5.41, 5.74) is 1.72. The lowest BCUT2D eigenvalue weighted by Crippen LogP contribution is -2.40. The summed E-state index contributed by atoms with van der Waals surface area (Å²) in [7, 11) is -3.55. The van der Waals surface area contributed by atoms with Gasteiger partial charge in [-0.2, -0.15) is 4.31 Å². The third-order valence-corrected chi connectivity index (χ3v) is 7.43. The Balaban J connectivity index is 1.32. The van der Waals surface area contributed by atoms with Crippen LogP contribution in [0.2, 0.25) is 0 Å². The summed E-state index contributed by atoms with van der Waals surface area (Å²) in [5, 5.41) is 5.39. The van der Waals surface area contributed by atoms with E-state index in [9.17, 15) is 13.2 Å². The fraction of sp³-hybridized carbons (Fsp3) is 0.292. The van der Waals surface area contributed by atoms with Crippen LogP contribution in [0.1, 0.15) is 22.3 Å². The zero-order valence-electron chi connectivity index (χ0n) is 17.3. The van der Waals surface area contributed by atoms with Gasteiger partial charge < -0.3 is 10.1 Å². The molecule has 0 aliphatic carbocycles. The highest BCUT2D eigenvalue weighted by molar-refractivity contribution is 7.89. The van der Waals surface area contributed by atoms with E-state index in [1.807, 2.05) is 12.1 Å². The van der Waals surface area contributed by atoms with Crippen LogP contribution in [0.15, 0.2) is 71.6 Å². The van der Waals surface area contributed by atoms with Gasteiger partial charge in [-0.15, -0.1) is 0 Å². The van der Waals surface area contributed by atoms with Gasteiger partial charge in [0.05, 0.1) is 18.1 Å². The Kier molecular flexibility index (Phi) is 6.65. The molecule has 1 N–H and O–H groups in total. The van der Waals surface area contributed by atoms with Gasteiger partial charge in [0.25, 0.3) is 5.91 Å². The molecule has 0 aromatic heterocycles. The van der Waals surface area contributed by atoms with E-state index < -0.39 is 10.0 Å². The lowest BCUT2D eigenvalue weighted by atomic mass is 10.0. The second kappa shape index (κ2) is 9.60. The number of hydrogen-bond acceptors (Lipinski definition) is 4. The average molecular weight is 439 g/mol. The van der Waals surface area contributed by atoms with Crippen molar-refractivity contribution in [2.45, 2.75) is 17.7 Å². The normalized spacial score (nSPS) is 15.1. The lowest BCUT2D eigenvalue weighted by Gasteiger charge is -2.26. The summed E-state index contributed by atoms with van der Waals surface area (Å²) in [6, 6.07) is 20.7. The molecule has 162 valence electrons. The minimum atomic E-state index is -3.55. The van der Waals surface area contributed by atoms with Crippen molar-refractivity contribution < 1.29 is 17.9 Å². The number of rotatable bonds is 7. The van der Waals surface area contributed by atoms with Gasteiger partial charge in [0.15, 0.2) is 0 Å². The van der Waals surface area contributed by atoms with E-state index in [1.54, 1.807) is 12.1 Å².